The van der Waals surface area contributed by atoms with Crippen molar-refractivity contribution >= 4 is 45.6 Å². The predicted molar refractivity (Wildman–Crippen MR) is 133 cm³/mol. The van der Waals surface area contributed by atoms with Gasteiger partial charge in [0.1, 0.15) is 5.82 Å². The standard InChI is InChI=1S/C21H28FN5O2S.HI/c1-17-7-9-18(10-8-17)30(28,29)25-12-11-24-21(23-2)27-15-13-26(14-16-27)20-6-4-3-5-19(20)22;/h3-10,25H,11-16H2,1-2H3,(H,23,24);1H. The number of hydrogen-bond acceptors (Lipinski definition) is 4. The molecule has 1 aliphatic heterocycles. The Morgan fingerprint density at radius 3 is 2.29 bits per heavy atom. The number of anilines is 1. The molecule has 31 heavy (non-hydrogen) atoms. The van der Waals surface area contributed by atoms with Crippen molar-refractivity contribution in [3.8, 4) is 0 Å². The largest absolute Gasteiger partial charge is 0.366 e. The number of piperazine rings is 1. The average Bonchev–Trinajstić information content (AvgIpc) is 2.75. The summed E-state index contributed by atoms with van der Waals surface area (Å²) in [6.45, 7) is 5.32. The van der Waals surface area contributed by atoms with Crippen LogP contribution in [-0.4, -0.2) is 65.6 Å². The third kappa shape index (κ3) is 6.78. The number of sulfonamides is 1. The minimum Gasteiger partial charge on any atom is -0.366 e. The van der Waals surface area contributed by atoms with Gasteiger partial charge >= 0.3 is 0 Å². The number of para-hydroxylation sites is 1. The highest BCUT2D eigenvalue weighted by Gasteiger charge is 2.21. The van der Waals surface area contributed by atoms with Gasteiger partial charge in [0.15, 0.2) is 5.96 Å². The molecule has 1 aliphatic rings. The molecule has 0 radical (unpaired) electrons. The maximum Gasteiger partial charge on any atom is 0.240 e. The van der Waals surface area contributed by atoms with Crippen LogP contribution in [0.4, 0.5) is 10.1 Å². The summed E-state index contributed by atoms with van der Waals surface area (Å²) < 4.78 is 41.3. The van der Waals surface area contributed by atoms with Crippen LogP contribution in [0.1, 0.15) is 5.56 Å². The number of benzene rings is 2. The van der Waals surface area contributed by atoms with E-state index in [4.69, 9.17) is 0 Å². The van der Waals surface area contributed by atoms with Gasteiger partial charge in [-0.3, -0.25) is 4.99 Å². The molecule has 0 aromatic heterocycles. The number of nitrogens with zero attached hydrogens (tertiary/aromatic N) is 3. The summed E-state index contributed by atoms with van der Waals surface area (Å²) in [7, 11) is -1.84. The number of rotatable bonds is 6. The van der Waals surface area contributed by atoms with Crippen molar-refractivity contribution in [2.24, 2.45) is 4.99 Å². The molecule has 170 valence electrons. The van der Waals surface area contributed by atoms with Crippen LogP contribution in [0.3, 0.4) is 0 Å². The first-order chi connectivity index (χ1) is 14.4. The molecule has 10 heteroatoms. The minimum atomic E-state index is -3.53. The average molecular weight is 561 g/mol. The highest BCUT2D eigenvalue weighted by Crippen LogP contribution is 2.20. The van der Waals surface area contributed by atoms with Crippen LogP contribution in [0.2, 0.25) is 0 Å². The van der Waals surface area contributed by atoms with Gasteiger partial charge in [-0.15, -0.1) is 24.0 Å². The second-order valence-corrected chi connectivity index (χ2v) is 8.88. The molecule has 0 unspecified atom stereocenters. The molecule has 7 nitrogen and oxygen atoms in total. The molecule has 2 aromatic carbocycles. The number of hydrogen-bond donors (Lipinski definition) is 2. The third-order valence-electron chi connectivity index (χ3n) is 5.02. The highest BCUT2D eigenvalue weighted by molar-refractivity contribution is 14.0. The van der Waals surface area contributed by atoms with Crippen LogP contribution in [0, 0.1) is 12.7 Å². The van der Waals surface area contributed by atoms with Gasteiger partial charge < -0.3 is 15.1 Å². The van der Waals surface area contributed by atoms with Gasteiger partial charge in [-0.1, -0.05) is 29.8 Å². The smallest absolute Gasteiger partial charge is 0.240 e. The van der Waals surface area contributed by atoms with Gasteiger partial charge in [0.2, 0.25) is 10.0 Å². The SMILES string of the molecule is CN=C(NCCNS(=O)(=O)c1ccc(C)cc1)N1CCN(c2ccccc2F)CC1.I. The minimum absolute atomic E-state index is 0. The van der Waals surface area contributed by atoms with E-state index in [1.54, 1.807) is 43.4 Å². The zero-order chi connectivity index (χ0) is 21.6. The fraction of sp³-hybridized carbons (Fsp3) is 0.381. The zero-order valence-electron chi connectivity index (χ0n) is 17.7. The molecule has 1 heterocycles. The first-order valence-electron chi connectivity index (χ1n) is 9.92. The molecule has 0 aliphatic carbocycles. The van der Waals surface area contributed by atoms with E-state index in [0.29, 0.717) is 44.4 Å². The van der Waals surface area contributed by atoms with Gasteiger partial charge in [-0.2, -0.15) is 0 Å². The second-order valence-electron chi connectivity index (χ2n) is 7.11. The van der Waals surface area contributed by atoms with E-state index < -0.39 is 10.0 Å². The van der Waals surface area contributed by atoms with E-state index in [-0.39, 0.29) is 41.2 Å². The Hall–Kier alpha value is -1.92. The van der Waals surface area contributed by atoms with Crippen LogP contribution in [0.5, 0.6) is 0 Å². The lowest BCUT2D eigenvalue weighted by Crippen LogP contribution is -2.53. The van der Waals surface area contributed by atoms with Gasteiger partial charge in [0.05, 0.1) is 10.6 Å². The number of guanidine groups is 1. The summed E-state index contributed by atoms with van der Waals surface area (Å²) in [5.74, 6) is 0.493. The van der Waals surface area contributed by atoms with Gasteiger partial charge in [-0.05, 0) is 31.2 Å². The third-order valence-corrected chi connectivity index (χ3v) is 6.49. The molecule has 0 bridgehead atoms. The van der Waals surface area contributed by atoms with Crippen molar-refractivity contribution in [1.29, 1.82) is 0 Å². The van der Waals surface area contributed by atoms with Gasteiger partial charge in [0, 0.05) is 46.3 Å². The van der Waals surface area contributed by atoms with E-state index in [1.807, 2.05) is 17.9 Å². The Morgan fingerprint density at radius 2 is 1.68 bits per heavy atom. The molecule has 0 saturated carbocycles. The van der Waals surface area contributed by atoms with Crippen molar-refractivity contribution in [3.63, 3.8) is 0 Å². The summed E-state index contributed by atoms with van der Waals surface area (Å²) in [6, 6.07) is 13.5. The molecule has 3 rings (SSSR count). The van der Waals surface area contributed by atoms with Crippen molar-refractivity contribution in [2.75, 3.05) is 51.2 Å². The summed E-state index contributed by atoms with van der Waals surface area (Å²) in [5, 5.41) is 3.19. The van der Waals surface area contributed by atoms with Crippen molar-refractivity contribution in [1.82, 2.24) is 14.9 Å². The molecule has 0 amide bonds. The Kier molecular flexibility index (Phi) is 9.51. The molecule has 2 N–H and O–H groups in total. The lowest BCUT2D eigenvalue weighted by Gasteiger charge is -2.37. The first kappa shape index (κ1) is 25.3. The maximum absolute atomic E-state index is 14.0. The second kappa shape index (κ2) is 11.6. The monoisotopic (exact) mass is 561 g/mol. The lowest BCUT2D eigenvalue weighted by molar-refractivity contribution is 0.371. The quantitative estimate of drug-likeness (QED) is 0.245. The van der Waals surface area contributed by atoms with Crippen LogP contribution >= 0.6 is 24.0 Å². The van der Waals surface area contributed by atoms with Crippen molar-refractivity contribution in [2.45, 2.75) is 11.8 Å². The normalized spacial score (nSPS) is 14.9. The van der Waals surface area contributed by atoms with Crippen LogP contribution in [0.15, 0.2) is 58.4 Å². The molecule has 1 fully saturated rings. The number of nitrogens with one attached hydrogen (secondary N) is 2. The Labute approximate surface area is 200 Å². The van der Waals surface area contributed by atoms with E-state index in [1.165, 1.54) is 6.07 Å². The van der Waals surface area contributed by atoms with Crippen molar-refractivity contribution < 1.29 is 12.8 Å². The molecule has 0 spiro atoms. The van der Waals surface area contributed by atoms with Crippen LogP contribution in [0.25, 0.3) is 0 Å². The number of halogens is 2. The molecule has 0 atom stereocenters. The summed E-state index contributed by atoms with van der Waals surface area (Å²) in [5.41, 5.74) is 1.63. The topological polar surface area (TPSA) is 77.0 Å². The molecular formula is C21H29FIN5O2S. The van der Waals surface area contributed by atoms with E-state index in [2.05, 4.69) is 19.9 Å². The summed E-state index contributed by atoms with van der Waals surface area (Å²) in [4.78, 5) is 8.65. The Bertz CT molecular complexity index is 978. The number of aliphatic imine (C=N–C) groups is 1. The molecular weight excluding hydrogens is 532 g/mol. The highest BCUT2D eigenvalue weighted by atomic mass is 127. The number of aryl methyl sites for hydroxylation is 1. The van der Waals surface area contributed by atoms with E-state index >= 15 is 0 Å². The summed E-state index contributed by atoms with van der Waals surface area (Å²) in [6.07, 6.45) is 0. The van der Waals surface area contributed by atoms with E-state index in [0.717, 1.165) is 5.56 Å². The predicted octanol–water partition coefficient (Wildman–Crippen LogP) is 2.43. The fourth-order valence-electron chi connectivity index (χ4n) is 3.36. The molecule has 2 aromatic rings. The summed E-state index contributed by atoms with van der Waals surface area (Å²) >= 11 is 0. The molecule has 1 saturated heterocycles. The van der Waals surface area contributed by atoms with Crippen molar-refractivity contribution in [3.05, 3.63) is 59.9 Å². The first-order valence-corrected chi connectivity index (χ1v) is 11.4. The lowest BCUT2D eigenvalue weighted by atomic mass is 10.2. The van der Waals surface area contributed by atoms with Crippen LogP contribution < -0.4 is 14.9 Å². The zero-order valence-corrected chi connectivity index (χ0v) is 20.9. The van der Waals surface area contributed by atoms with Gasteiger partial charge in [0.25, 0.3) is 0 Å². The Balaban J connectivity index is 0.00000341. The van der Waals surface area contributed by atoms with Crippen LogP contribution in [-0.2, 0) is 10.0 Å². The Morgan fingerprint density at radius 1 is 1.03 bits per heavy atom. The van der Waals surface area contributed by atoms with E-state index in [9.17, 15) is 12.8 Å². The van der Waals surface area contributed by atoms with Gasteiger partial charge in [-0.25, -0.2) is 17.5 Å². The fourth-order valence-corrected chi connectivity index (χ4v) is 4.39. The maximum atomic E-state index is 14.0.